The van der Waals surface area contributed by atoms with Gasteiger partial charge in [-0.3, -0.25) is 0 Å². The molecule has 0 atom stereocenters. The van der Waals surface area contributed by atoms with Crippen molar-refractivity contribution in [1.29, 1.82) is 0 Å². The molecule has 0 spiro atoms. The third-order valence-electron chi connectivity index (χ3n) is 2.98. The molecule has 2 aromatic rings. The van der Waals surface area contributed by atoms with Gasteiger partial charge in [-0.05, 0) is 0 Å². The Morgan fingerprint density at radius 2 is 0.875 bits per heavy atom. The van der Waals surface area contributed by atoms with E-state index in [0.717, 1.165) is 0 Å². The van der Waals surface area contributed by atoms with Crippen LogP contribution in [0.25, 0.3) is 8.49 Å². The zero-order valence-corrected chi connectivity index (χ0v) is 9.77. The van der Waals surface area contributed by atoms with Crippen molar-refractivity contribution >= 4 is 43.9 Å². The summed E-state index contributed by atoms with van der Waals surface area (Å²) >= 11 is 4.36. The standard InChI is InChI=1S/C14H10.2Li/c1-3-7-13(8-4-1)11-12-14-9-5-2-6-10-14;;/h1-10H;;. The van der Waals surface area contributed by atoms with Gasteiger partial charge >= 0.3 is 116 Å². The SMILES string of the molecule is [Li][C](=[C]([Li])c1ccccc1)c1ccccc1. The van der Waals surface area contributed by atoms with E-state index in [0.29, 0.717) is 0 Å². The summed E-state index contributed by atoms with van der Waals surface area (Å²) in [6.07, 6.45) is 0. The quantitative estimate of drug-likeness (QED) is 0.507. The fraction of sp³-hybridized carbons (Fsp3) is 0. The molecular weight excluding hydrogens is 182 g/mol. The molecule has 0 saturated carbocycles. The topological polar surface area (TPSA) is 0 Å². The van der Waals surface area contributed by atoms with Crippen molar-refractivity contribution in [3.8, 4) is 0 Å². The molecular formula is C14H10Li2. The molecule has 68 valence electrons. The molecule has 2 heteroatoms. The van der Waals surface area contributed by atoms with Crippen LogP contribution in [-0.4, -0.2) is 35.4 Å². The van der Waals surface area contributed by atoms with E-state index in [9.17, 15) is 0 Å². The Bertz CT molecular complexity index is 439. The summed E-state index contributed by atoms with van der Waals surface area (Å²) in [5.41, 5.74) is 2.59. The normalized spacial score (nSPS) is 12.2. The Morgan fingerprint density at radius 3 is 1.19 bits per heavy atom. The van der Waals surface area contributed by atoms with Crippen molar-refractivity contribution in [3.05, 3.63) is 71.8 Å². The number of benzene rings is 2. The number of hydrogen-bond acceptors (Lipinski definition) is 0. The second-order valence-electron chi connectivity index (χ2n) is 3.98. The summed E-state index contributed by atoms with van der Waals surface area (Å²) in [6.45, 7) is 0. The molecule has 0 radical (unpaired) electrons. The summed E-state index contributed by atoms with van der Waals surface area (Å²) in [7, 11) is 0. The monoisotopic (exact) mass is 192 g/mol. The molecule has 2 rings (SSSR count). The first-order valence-electron chi connectivity index (χ1n) is 5.57. The Labute approximate surface area is 115 Å². The molecule has 0 aliphatic heterocycles. The first-order valence-corrected chi connectivity index (χ1v) is 5.57. The molecule has 0 aromatic heterocycles. The van der Waals surface area contributed by atoms with Crippen LogP contribution in [0.5, 0.6) is 0 Å². The Hall–Kier alpha value is -0.625. The van der Waals surface area contributed by atoms with Crippen LogP contribution in [0.1, 0.15) is 11.1 Å². The molecule has 0 bridgehead atoms. The zero-order valence-electron chi connectivity index (χ0n) is 9.77. The summed E-state index contributed by atoms with van der Waals surface area (Å²) in [5, 5.41) is 0. The summed E-state index contributed by atoms with van der Waals surface area (Å²) < 4.78 is 2.68. The van der Waals surface area contributed by atoms with E-state index >= 15 is 0 Å². The van der Waals surface area contributed by atoms with Crippen LogP contribution in [0.4, 0.5) is 0 Å². The van der Waals surface area contributed by atoms with E-state index in [1.165, 1.54) is 19.6 Å². The zero-order chi connectivity index (χ0) is 11.4. The van der Waals surface area contributed by atoms with E-state index < -0.39 is 0 Å². The van der Waals surface area contributed by atoms with Gasteiger partial charge in [0.05, 0.1) is 0 Å². The minimum atomic E-state index is 1.30. The van der Waals surface area contributed by atoms with E-state index in [4.69, 9.17) is 0 Å². The maximum atomic E-state index is 2.18. The molecule has 16 heavy (non-hydrogen) atoms. The summed E-state index contributed by atoms with van der Waals surface area (Å²) in [5.74, 6) is 0. The van der Waals surface area contributed by atoms with Gasteiger partial charge in [-0.2, -0.15) is 0 Å². The fourth-order valence-corrected chi connectivity index (χ4v) is 1.81. The van der Waals surface area contributed by atoms with Crippen molar-refractivity contribution < 1.29 is 0 Å². The summed E-state index contributed by atoms with van der Waals surface area (Å²) in [6, 6.07) is 21.0. The van der Waals surface area contributed by atoms with Gasteiger partial charge in [-0.1, -0.05) is 0 Å². The summed E-state index contributed by atoms with van der Waals surface area (Å²) in [4.78, 5) is 0. The van der Waals surface area contributed by atoms with Crippen LogP contribution in [-0.2, 0) is 0 Å². The number of rotatable bonds is 2. The Balaban J connectivity index is 2.43. The van der Waals surface area contributed by atoms with E-state index in [2.05, 4.69) is 96.1 Å². The van der Waals surface area contributed by atoms with Gasteiger partial charge in [0, 0.05) is 0 Å². The third kappa shape index (κ3) is 2.73. The van der Waals surface area contributed by atoms with Crippen molar-refractivity contribution in [3.63, 3.8) is 0 Å². The predicted molar refractivity (Wildman–Crippen MR) is 71.2 cm³/mol. The predicted octanol–water partition coefficient (Wildman–Crippen LogP) is 2.85. The molecule has 0 amide bonds. The van der Waals surface area contributed by atoms with Gasteiger partial charge in [0.2, 0.25) is 0 Å². The van der Waals surface area contributed by atoms with Crippen LogP contribution >= 0.6 is 0 Å². The molecule has 0 unspecified atom stereocenters. The first kappa shape index (κ1) is 11.8. The van der Waals surface area contributed by atoms with Crippen LogP contribution in [0, 0.1) is 0 Å². The van der Waals surface area contributed by atoms with E-state index in [-0.39, 0.29) is 0 Å². The first-order chi connectivity index (χ1) is 7.79. The van der Waals surface area contributed by atoms with Crippen molar-refractivity contribution in [1.82, 2.24) is 0 Å². The second kappa shape index (κ2) is 5.63. The molecule has 0 aliphatic carbocycles. The third-order valence-corrected chi connectivity index (χ3v) is 2.98. The van der Waals surface area contributed by atoms with Crippen LogP contribution < -0.4 is 0 Å². The molecule has 0 aliphatic rings. The molecule has 0 N–H and O–H groups in total. The maximum absolute atomic E-state index is 2.18. The van der Waals surface area contributed by atoms with E-state index in [1.807, 2.05) is 0 Å². The molecule has 2 aromatic carbocycles. The Morgan fingerprint density at radius 1 is 0.562 bits per heavy atom. The van der Waals surface area contributed by atoms with Gasteiger partial charge in [-0.25, -0.2) is 0 Å². The average Bonchev–Trinajstić information content (AvgIpc) is 2.39. The number of hydrogen-bond donors (Lipinski definition) is 0. The van der Waals surface area contributed by atoms with Gasteiger partial charge in [-0.15, -0.1) is 0 Å². The van der Waals surface area contributed by atoms with Gasteiger partial charge in [0.15, 0.2) is 0 Å². The van der Waals surface area contributed by atoms with Crippen LogP contribution in [0.2, 0.25) is 0 Å². The van der Waals surface area contributed by atoms with Gasteiger partial charge in [0.1, 0.15) is 0 Å². The van der Waals surface area contributed by atoms with Crippen molar-refractivity contribution in [2.45, 2.75) is 0 Å². The minimum absolute atomic E-state index is 1.30. The molecule has 0 nitrogen and oxygen atoms in total. The van der Waals surface area contributed by atoms with E-state index in [1.54, 1.807) is 0 Å². The molecule has 0 saturated heterocycles. The average molecular weight is 192 g/mol. The molecule has 0 fully saturated rings. The van der Waals surface area contributed by atoms with Crippen LogP contribution in [0.3, 0.4) is 0 Å². The Kier molecular flexibility index (Phi) is 4.17. The van der Waals surface area contributed by atoms with Gasteiger partial charge < -0.3 is 0 Å². The second-order valence-corrected chi connectivity index (χ2v) is 3.98. The van der Waals surface area contributed by atoms with Crippen molar-refractivity contribution in [2.75, 3.05) is 0 Å². The molecule has 0 heterocycles. The van der Waals surface area contributed by atoms with Gasteiger partial charge in [0.25, 0.3) is 0 Å². The van der Waals surface area contributed by atoms with Crippen LogP contribution in [0.15, 0.2) is 60.7 Å². The van der Waals surface area contributed by atoms with Crippen molar-refractivity contribution in [2.24, 2.45) is 0 Å². The fourth-order valence-electron chi connectivity index (χ4n) is 1.81.